The molecule has 0 aliphatic rings. The minimum Gasteiger partial charge on any atom is -0.475 e. The van der Waals surface area contributed by atoms with Crippen molar-refractivity contribution in [2.24, 2.45) is 0 Å². The molecule has 1 heterocycles. The average molecular weight is 882 g/mol. The summed E-state index contributed by atoms with van der Waals surface area (Å²) in [6.07, 6.45) is -5.48. The van der Waals surface area contributed by atoms with Crippen LogP contribution in [0.15, 0.2) is 102 Å². The lowest BCUT2D eigenvalue weighted by atomic mass is 10.1. The van der Waals surface area contributed by atoms with E-state index >= 15 is 0 Å². The van der Waals surface area contributed by atoms with Gasteiger partial charge in [-0.2, -0.15) is 31.4 Å². The number of fused-ring (bicyclic) bond motifs is 1. The number of H-pyrrole nitrogens is 1. The van der Waals surface area contributed by atoms with Gasteiger partial charge in [0.25, 0.3) is 5.91 Å². The van der Waals surface area contributed by atoms with Crippen LogP contribution in [0.4, 0.5) is 42.5 Å². The van der Waals surface area contributed by atoms with Crippen LogP contribution in [0.2, 0.25) is 0 Å². The van der Waals surface area contributed by atoms with Crippen molar-refractivity contribution in [1.82, 2.24) is 25.1 Å². The molecule has 4 aromatic carbocycles. The number of sulfonamides is 1. The number of carboxylic acids is 2. The first-order valence-corrected chi connectivity index (χ1v) is 19.3. The molecule has 5 rings (SSSR count). The van der Waals surface area contributed by atoms with Gasteiger partial charge in [0.1, 0.15) is 0 Å². The van der Waals surface area contributed by atoms with Crippen LogP contribution in [0, 0.1) is 0 Å². The Labute approximate surface area is 345 Å². The van der Waals surface area contributed by atoms with Crippen LogP contribution in [0.3, 0.4) is 0 Å². The lowest BCUT2D eigenvalue weighted by Crippen LogP contribution is -2.31. The van der Waals surface area contributed by atoms with Gasteiger partial charge in [0.05, 0.1) is 11.1 Å². The van der Waals surface area contributed by atoms with Gasteiger partial charge in [-0.15, -0.1) is 0 Å². The highest BCUT2D eigenvalue weighted by molar-refractivity contribution is 7.89. The van der Waals surface area contributed by atoms with Crippen molar-refractivity contribution in [3.8, 4) is 11.1 Å². The zero-order chi connectivity index (χ0) is 45.5. The number of carbonyl (C=O) groups excluding carboxylic acids is 2. The van der Waals surface area contributed by atoms with Gasteiger partial charge in [-0.3, -0.25) is 9.89 Å². The monoisotopic (exact) mass is 881 g/mol. The number of urea groups is 1. The van der Waals surface area contributed by atoms with Crippen molar-refractivity contribution >= 4 is 56.0 Å². The molecule has 1 aromatic heterocycles. The maximum atomic E-state index is 13.1. The number of nitrogens with one attached hydrogen (secondary N) is 4. The summed E-state index contributed by atoms with van der Waals surface area (Å²) < 4.78 is 92.4. The number of hydrogen-bond donors (Lipinski definition) is 6. The van der Waals surface area contributed by atoms with E-state index in [0.717, 1.165) is 27.8 Å². The number of aliphatic carboxylic acids is 2. The fourth-order valence-electron chi connectivity index (χ4n) is 5.26. The third-order valence-corrected chi connectivity index (χ3v) is 9.74. The number of nitrogens with zero attached hydrogens (tertiary/aromatic N) is 3. The average Bonchev–Trinajstić information content (AvgIpc) is 3.74. The molecule has 61 heavy (non-hydrogen) atoms. The lowest BCUT2D eigenvalue weighted by Gasteiger charge is -2.18. The van der Waals surface area contributed by atoms with Gasteiger partial charge in [-0.1, -0.05) is 48.5 Å². The Hall–Kier alpha value is -6.68. The van der Waals surface area contributed by atoms with Crippen molar-refractivity contribution < 1.29 is 64.2 Å². The maximum Gasteiger partial charge on any atom is 0.490 e. The summed E-state index contributed by atoms with van der Waals surface area (Å²) in [6, 6.07) is 25.3. The van der Waals surface area contributed by atoms with Crippen molar-refractivity contribution in [3.05, 3.63) is 108 Å². The Morgan fingerprint density at radius 1 is 0.754 bits per heavy atom. The molecule has 5 aromatic rings. The minimum atomic E-state index is -5.08. The number of carboxylic acid groups (broad SMARTS) is 2. The number of rotatable bonds is 13. The molecule has 0 radical (unpaired) electrons. The molecule has 328 valence electrons. The third-order valence-electron chi connectivity index (χ3n) is 8.22. The molecule has 3 amide bonds. The molecule has 0 atom stereocenters. The van der Waals surface area contributed by atoms with E-state index < -0.39 is 34.3 Å². The first-order valence-electron chi connectivity index (χ1n) is 17.8. The summed E-state index contributed by atoms with van der Waals surface area (Å²) >= 11 is 0. The highest BCUT2D eigenvalue weighted by Crippen LogP contribution is 2.30. The van der Waals surface area contributed by atoms with E-state index in [4.69, 9.17) is 19.8 Å². The normalized spacial score (nSPS) is 11.3. The van der Waals surface area contributed by atoms with Crippen LogP contribution >= 0.6 is 0 Å². The van der Waals surface area contributed by atoms with Crippen LogP contribution < -0.4 is 20.3 Å². The Bertz CT molecular complexity index is 2350. The first-order chi connectivity index (χ1) is 28.5. The highest BCUT2D eigenvalue weighted by Gasteiger charge is 2.39. The van der Waals surface area contributed by atoms with Gasteiger partial charge in [0.2, 0.25) is 10.0 Å². The van der Waals surface area contributed by atoms with Gasteiger partial charge in [-0.25, -0.2) is 27.5 Å². The second kappa shape index (κ2) is 21.5. The second-order valence-electron chi connectivity index (χ2n) is 13.0. The molecular weight excluding hydrogens is 841 g/mol. The minimum absolute atomic E-state index is 0.232. The van der Waals surface area contributed by atoms with Crippen LogP contribution in [0.5, 0.6) is 0 Å². The van der Waals surface area contributed by atoms with Crippen LogP contribution in [0.25, 0.3) is 21.9 Å². The molecule has 0 unspecified atom stereocenters. The van der Waals surface area contributed by atoms with Gasteiger partial charge in [0, 0.05) is 80.2 Å². The van der Waals surface area contributed by atoms with E-state index in [1.54, 1.807) is 54.7 Å². The number of amides is 3. The van der Waals surface area contributed by atoms with Crippen molar-refractivity contribution in [2.75, 3.05) is 44.4 Å². The highest BCUT2D eigenvalue weighted by atomic mass is 32.2. The van der Waals surface area contributed by atoms with E-state index in [1.807, 2.05) is 73.6 Å². The molecule has 6 N–H and O–H groups in total. The summed E-state index contributed by atoms with van der Waals surface area (Å²) in [6.45, 7) is 0.959. The Morgan fingerprint density at radius 2 is 1.33 bits per heavy atom. The molecule has 0 bridgehead atoms. The molecule has 0 saturated carbocycles. The topological polar surface area (TPSA) is 214 Å². The zero-order valence-electron chi connectivity index (χ0n) is 32.6. The van der Waals surface area contributed by atoms with Gasteiger partial charge in [-0.05, 0) is 60.4 Å². The molecule has 22 heteroatoms. The van der Waals surface area contributed by atoms with Crippen molar-refractivity contribution in [3.63, 3.8) is 0 Å². The molecule has 0 aliphatic carbocycles. The van der Waals surface area contributed by atoms with E-state index in [-0.39, 0.29) is 23.4 Å². The Balaban J connectivity index is 0.000000609. The number of halogens is 6. The fourth-order valence-corrected chi connectivity index (χ4v) is 6.55. The van der Waals surface area contributed by atoms with E-state index in [2.05, 4.69) is 25.6 Å². The predicted octanol–water partition coefficient (Wildman–Crippen LogP) is 6.71. The number of aromatic amines is 1. The molecule has 0 aliphatic heterocycles. The summed E-state index contributed by atoms with van der Waals surface area (Å²) in [7, 11) is 1.83. The fraction of sp³-hybridized carbons (Fsp3) is 0.256. The van der Waals surface area contributed by atoms with Crippen LogP contribution in [-0.4, -0.2) is 104 Å². The van der Waals surface area contributed by atoms with Crippen molar-refractivity contribution in [2.45, 2.75) is 36.6 Å². The van der Waals surface area contributed by atoms with E-state index in [0.29, 0.717) is 42.6 Å². The van der Waals surface area contributed by atoms with Gasteiger partial charge < -0.3 is 30.6 Å². The molecular formula is C39H41F6N7O8S. The summed E-state index contributed by atoms with van der Waals surface area (Å²) in [5, 5.41) is 28.3. The molecule has 0 saturated heterocycles. The maximum absolute atomic E-state index is 13.1. The molecule has 0 fully saturated rings. The number of anilines is 2. The SMILES string of the molecule is CN(Cc1cccc(C(=O)NCCCCNS(=O)(=O)c2cccc3c(N(C)C)cccc23)c1)C(=O)Nc1ccc(-c2cn[nH]c2)cc1.O=C(O)C(F)(F)F.O=C(O)C(F)(F)F. The van der Waals surface area contributed by atoms with Gasteiger partial charge in [0.15, 0.2) is 0 Å². The first kappa shape index (κ1) is 48.7. The Morgan fingerprint density at radius 3 is 1.90 bits per heavy atom. The number of unbranched alkanes of at least 4 members (excludes halogenated alkanes) is 1. The zero-order valence-corrected chi connectivity index (χ0v) is 33.5. The Kier molecular flexibility index (Phi) is 17.2. The van der Waals surface area contributed by atoms with Crippen molar-refractivity contribution in [1.29, 1.82) is 0 Å². The number of hydrogen-bond acceptors (Lipinski definition) is 8. The summed E-state index contributed by atoms with van der Waals surface area (Å²) in [5.74, 6) is -5.75. The largest absolute Gasteiger partial charge is 0.490 e. The number of carbonyl (C=O) groups is 4. The predicted molar refractivity (Wildman–Crippen MR) is 213 cm³/mol. The number of benzene rings is 4. The standard InChI is InChI=1S/C35H39N7O4S.2C2HF3O2/c1-41(2)32-13-7-12-31-30(32)11-8-14-33(31)47(45,46)39-20-5-4-19-36-34(43)27-10-6-9-25(21-27)24-42(3)35(44)40-29-17-15-26(16-18-29)28-22-37-38-23-28;2*3-2(4,5)1(6)7/h6-18,21-23,39H,4-5,19-20,24H2,1-3H3,(H,36,43)(H,37,38)(H,40,44);2*(H,6,7). The van der Waals surface area contributed by atoms with E-state index in [1.165, 1.54) is 0 Å². The summed E-state index contributed by atoms with van der Waals surface area (Å²) in [4.78, 5) is 47.2. The third kappa shape index (κ3) is 15.1. The van der Waals surface area contributed by atoms with Crippen LogP contribution in [0.1, 0.15) is 28.8 Å². The molecule has 0 spiro atoms. The summed E-state index contributed by atoms with van der Waals surface area (Å²) in [5.41, 5.74) is 4.86. The number of alkyl halides is 6. The lowest BCUT2D eigenvalue weighted by molar-refractivity contribution is -0.193. The van der Waals surface area contributed by atoms with Gasteiger partial charge >= 0.3 is 30.3 Å². The smallest absolute Gasteiger partial charge is 0.475 e. The van der Waals surface area contributed by atoms with E-state index in [9.17, 15) is 44.3 Å². The second-order valence-corrected chi connectivity index (χ2v) is 14.8. The number of aromatic nitrogens is 2. The molecule has 15 nitrogen and oxygen atoms in total. The van der Waals surface area contributed by atoms with Crippen LogP contribution in [-0.2, 0) is 26.2 Å². The quantitative estimate of drug-likeness (QED) is 0.0543.